The van der Waals surface area contributed by atoms with Crippen molar-refractivity contribution in [2.45, 2.75) is 48.1 Å². The number of rotatable bonds is 5. The third-order valence-electron chi connectivity index (χ3n) is 3.32. The summed E-state index contributed by atoms with van der Waals surface area (Å²) in [6.45, 7) is 15.6. The molecule has 0 radical (unpaired) electrons. The molecule has 1 unspecified atom stereocenters. The number of nitrogens with one attached hydrogen (secondary N) is 1. The minimum absolute atomic E-state index is 0.336. The van der Waals surface area contributed by atoms with Gasteiger partial charge in [0.25, 0.3) is 0 Å². The Morgan fingerprint density at radius 1 is 1.29 bits per heavy atom. The second kappa shape index (κ2) is 5.56. The molecule has 1 N–H and O–H groups in total. The maximum Gasteiger partial charge on any atom is 0.202 e. The summed E-state index contributed by atoms with van der Waals surface area (Å²) in [5, 5.41) is 3.46. The second-order valence-corrected chi connectivity index (χ2v) is 6.45. The normalized spacial score (nSPS) is 14.1. The Bertz CT molecular complexity index is 333. The first-order chi connectivity index (χ1) is 7.80. The Labute approximate surface area is 106 Å². The highest BCUT2D eigenvalue weighted by molar-refractivity contribution is 5.25. The van der Waals surface area contributed by atoms with Crippen LogP contribution in [-0.2, 0) is 6.54 Å². The SMILES string of the molecule is CC(C)Cn1ccnc1NCC(C)C(C)(C)C. The highest BCUT2D eigenvalue weighted by Crippen LogP contribution is 2.25. The minimum Gasteiger partial charge on any atom is -0.355 e. The third-order valence-corrected chi connectivity index (χ3v) is 3.32. The Balaban J connectivity index is 2.55. The highest BCUT2D eigenvalue weighted by atomic mass is 15.2. The monoisotopic (exact) mass is 237 g/mol. The van der Waals surface area contributed by atoms with Gasteiger partial charge in [-0.25, -0.2) is 4.98 Å². The Morgan fingerprint density at radius 3 is 2.47 bits per heavy atom. The van der Waals surface area contributed by atoms with Crippen molar-refractivity contribution in [1.82, 2.24) is 9.55 Å². The number of hydrogen-bond donors (Lipinski definition) is 1. The van der Waals surface area contributed by atoms with Gasteiger partial charge < -0.3 is 9.88 Å². The van der Waals surface area contributed by atoms with Crippen LogP contribution in [0.5, 0.6) is 0 Å². The van der Waals surface area contributed by atoms with E-state index in [0.717, 1.165) is 19.0 Å². The maximum absolute atomic E-state index is 4.38. The number of hydrogen-bond acceptors (Lipinski definition) is 2. The molecule has 0 fully saturated rings. The first kappa shape index (κ1) is 14.1. The van der Waals surface area contributed by atoms with Crippen molar-refractivity contribution < 1.29 is 0 Å². The predicted molar refractivity (Wildman–Crippen MR) is 74.2 cm³/mol. The van der Waals surface area contributed by atoms with E-state index in [4.69, 9.17) is 0 Å². The van der Waals surface area contributed by atoms with E-state index in [-0.39, 0.29) is 0 Å². The molecule has 98 valence electrons. The van der Waals surface area contributed by atoms with Crippen molar-refractivity contribution in [3.63, 3.8) is 0 Å². The molecule has 3 heteroatoms. The van der Waals surface area contributed by atoms with E-state index in [1.165, 1.54) is 0 Å². The van der Waals surface area contributed by atoms with E-state index in [9.17, 15) is 0 Å². The average molecular weight is 237 g/mol. The fraction of sp³-hybridized carbons (Fsp3) is 0.786. The zero-order valence-electron chi connectivity index (χ0n) is 12.1. The summed E-state index contributed by atoms with van der Waals surface area (Å²) in [5.41, 5.74) is 0.336. The van der Waals surface area contributed by atoms with Gasteiger partial charge in [-0.2, -0.15) is 0 Å². The molecule has 0 aliphatic carbocycles. The van der Waals surface area contributed by atoms with Crippen LogP contribution in [-0.4, -0.2) is 16.1 Å². The van der Waals surface area contributed by atoms with Gasteiger partial charge in [-0.1, -0.05) is 41.5 Å². The van der Waals surface area contributed by atoms with E-state index in [2.05, 4.69) is 56.4 Å². The molecule has 0 saturated carbocycles. The first-order valence-electron chi connectivity index (χ1n) is 6.55. The average Bonchev–Trinajstić information content (AvgIpc) is 2.59. The summed E-state index contributed by atoms with van der Waals surface area (Å²) in [6, 6.07) is 0. The Morgan fingerprint density at radius 2 is 1.94 bits per heavy atom. The summed E-state index contributed by atoms with van der Waals surface area (Å²) in [6.07, 6.45) is 3.91. The second-order valence-electron chi connectivity index (χ2n) is 6.45. The largest absolute Gasteiger partial charge is 0.355 e. The molecule has 3 nitrogen and oxygen atoms in total. The van der Waals surface area contributed by atoms with Crippen LogP contribution in [0.3, 0.4) is 0 Å². The molecule has 0 aliphatic rings. The first-order valence-corrected chi connectivity index (χ1v) is 6.55. The molecule has 0 amide bonds. The van der Waals surface area contributed by atoms with Gasteiger partial charge >= 0.3 is 0 Å². The quantitative estimate of drug-likeness (QED) is 0.847. The van der Waals surface area contributed by atoms with Crippen molar-refractivity contribution >= 4 is 5.95 Å². The van der Waals surface area contributed by atoms with E-state index in [1.54, 1.807) is 0 Å². The summed E-state index contributed by atoms with van der Waals surface area (Å²) in [5.74, 6) is 2.26. The topological polar surface area (TPSA) is 29.9 Å². The molecule has 1 heterocycles. The third kappa shape index (κ3) is 4.41. The van der Waals surface area contributed by atoms with Crippen LogP contribution in [0.2, 0.25) is 0 Å². The molecular weight excluding hydrogens is 210 g/mol. The zero-order chi connectivity index (χ0) is 13.1. The summed E-state index contributed by atoms with van der Waals surface area (Å²) in [4.78, 5) is 4.38. The minimum atomic E-state index is 0.336. The van der Waals surface area contributed by atoms with Crippen LogP contribution in [0.15, 0.2) is 12.4 Å². The predicted octanol–water partition coefficient (Wildman–Crippen LogP) is 3.63. The summed E-state index contributed by atoms with van der Waals surface area (Å²) in [7, 11) is 0. The van der Waals surface area contributed by atoms with Crippen LogP contribution < -0.4 is 5.32 Å². The van der Waals surface area contributed by atoms with Crippen molar-refractivity contribution in [3.05, 3.63) is 12.4 Å². The van der Waals surface area contributed by atoms with Crippen molar-refractivity contribution in [3.8, 4) is 0 Å². The van der Waals surface area contributed by atoms with Crippen LogP contribution in [0.1, 0.15) is 41.5 Å². The molecule has 0 aliphatic heterocycles. The zero-order valence-corrected chi connectivity index (χ0v) is 12.1. The molecular formula is C14H27N3. The van der Waals surface area contributed by atoms with E-state index >= 15 is 0 Å². The van der Waals surface area contributed by atoms with E-state index < -0.39 is 0 Å². The molecule has 0 aromatic carbocycles. The lowest BCUT2D eigenvalue weighted by molar-refractivity contribution is 0.274. The van der Waals surface area contributed by atoms with E-state index in [1.807, 2.05) is 12.4 Å². The van der Waals surface area contributed by atoms with Crippen molar-refractivity contribution in [2.75, 3.05) is 11.9 Å². The van der Waals surface area contributed by atoms with Crippen molar-refractivity contribution in [2.24, 2.45) is 17.3 Å². The van der Waals surface area contributed by atoms with Gasteiger partial charge in [-0.05, 0) is 17.3 Å². The molecule has 17 heavy (non-hydrogen) atoms. The van der Waals surface area contributed by atoms with Gasteiger partial charge in [-0.3, -0.25) is 0 Å². The smallest absolute Gasteiger partial charge is 0.202 e. The summed E-state index contributed by atoms with van der Waals surface area (Å²) >= 11 is 0. The van der Waals surface area contributed by atoms with Crippen LogP contribution in [0.4, 0.5) is 5.95 Å². The van der Waals surface area contributed by atoms with E-state index in [0.29, 0.717) is 17.3 Å². The van der Waals surface area contributed by atoms with Gasteiger partial charge in [-0.15, -0.1) is 0 Å². The van der Waals surface area contributed by atoms with Crippen LogP contribution in [0, 0.1) is 17.3 Å². The number of nitrogens with zero attached hydrogens (tertiary/aromatic N) is 2. The summed E-state index contributed by atoms with van der Waals surface area (Å²) < 4.78 is 2.19. The molecule has 1 aromatic heterocycles. The van der Waals surface area contributed by atoms with Gasteiger partial charge in [0.05, 0.1) is 0 Å². The number of imidazole rings is 1. The number of aromatic nitrogens is 2. The molecule has 0 spiro atoms. The Kier molecular flexibility index (Phi) is 4.61. The standard InChI is InChI=1S/C14H27N3/c1-11(2)10-17-8-7-15-13(17)16-9-12(3)14(4,5)6/h7-8,11-12H,9-10H2,1-6H3,(H,15,16). The van der Waals surface area contributed by atoms with Crippen LogP contribution in [0.25, 0.3) is 0 Å². The molecule has 0 bridgehead atoms. The molecule has 1 rings (SSSR count). The highest BCUT2D eigenvalue weighted by Gasteiger charge is 2.20. The fourth-order valence-electron chi connectivity index (χ4n) is 1.57. The lowest BCUT2D eigenvalue weighted by atomic mass is 9.82. The van der Waals surface area contributed by atoms with Gasteiger partial charge in [0.2, 0.25) is 5.95 Å². The maximum atomic E-state index is 4.38. The molecule has 1 atom stereocenters. The fourth-order valence-corrected chi connectivity index (χ4v) is 1.57. The molecule has 1 aromatic rings. The van der Waals surface area contributed by atoms with Gasteiger partial charge in [0.15, 0.2) is 0 Å². The lowest BCUT2D eigenvalue weighted by Gasteiger charge is -2.27. The van der Waals surface area contributed by atoms with Crippen LogP contribution >= 0.6 is 0 Å². The Hall–Kier alpha value is -0.990. The lowest BCUT2D eigenvalue weighted by Crippen LogP contribution is -2.26. The van der Waals surface area contributed by atoms with Gasteiger partial charge in [0, 0.05) is 25.5 Å². The number of anilines is 1. The van der Waals surface area contributed by atoms with Gasteiger partial charge in [0.1, 0.15) is 0 Å². The molecule has 0 saturated heterocycles. The van der Waals surface area contributed by atoms with Crippen molar-refractivity contribution in [1.29, 1.82) is 0 Å².